The fraction of sp³-hybridized carbons (Fsp3) is 0.615. The van der Waals surface area contributed by atoms with E-state index in [-0.39, 0.29) is 10.6 Å². The van der Waals surface area contributed by atoms with Crippen molar-refractivity contribution in [2.24, 2.45) is 0 Å². The maximum Gasteiger partial charge on any atom is 0.311 e. The number of aromatic nitrogens is 1. The van der Waals surface area contributed by atoms with E-state index >= 15 is 0 Å². The van der Waals surface area contributed by atoms with Crippen LogP contribution < -0.4 is 10.2 Å². The van der Waals surface area contributed by atoms with E-state index in [1.54, 1.807) is 6.20 Å². The topological polar surface area (TPSA) is 74.5 Å². The molecule has 0 spiro atoms. The smallest absolute Gasteiger partial charge is 0.311 e. The molecular formula is C13H18BrN5O2. The number of nitrogens with one attached hydrogen (secondary N) is 1. The van der Waals surface area contributed by atoms with E-state index in [9.17, 15) is 10.1 Å². The molecule has 1 atom stereocenters. The number of rotatable bonds is 3. The molecular weight excluding hydrogens is 338 g/mol. The molecule has 0 aliphatic carbocycles. The van der Waals surface area contributed by atoms with Gasteiger partial charge >= 0.3 is 5.69 Å². The Morgan fingerprint density at radius 3 is 2.71 bits per heavy atom. The Labute approximate surface area is 131 Å². The molecule has 0 bridgehead atoms. The Kier molecular flexibility index (Phi) is 4.37. The molecule has 1 aromatic heterocycles. The molecule has 21 heavy (non-hydrogen) atoms. The van der Waals surface area contributed by atoms with Crippen LogP contribution in [-0.4, -0.2) is 60.1 Å². The number of anilines is 1. The summed E-state index contributed by atoms with van der Waals surface area (Å²) in [4.78, 5) is 19.3. The highest BCUT2D eigenvalue weighted by Crippen LogP contribution is 2.35. The van der Waals surface area contributed by atoms with Crippen molar-refractivity contribution in [2.45, 2.75) is 12.5 Å². The normalized spacial score (nSPS) is 23.5. The summed E-state index contributed by atoms with van der Waals surface area (Å²) in [6, 6.07) is 0.614. The van der Waals surface area contributed by atoms with Gasteiger partial charge in [0.25, 0.3) is 0 Å². The zero-order valence-corrected chi connectivity index (χ0v) is 13.3. The van der Waals surface area contributed by atoms with Gasteiger partial charge in [0.15, 0.2) is 0 Å². The van der Waals surface area contributed by atoms with Crippen molar-refractivity contribution in [3.8, 4) is 0 Å². The van der Waals surface area contributed by atoms with Gasteiger partial charge in [-0.2, -0.15) is 0 Å². The van der Waals surface area contributed by atoms with Gasteiger partial charge in [-0.15, -0.1) is 0 Å². The molecule has 0 saturated carbocycles. The van der Waals surface area contributed by atoms with Gasteiger partial charge in [0.2, 0.25) is 0 Å². The zero-order valence-electron chi connectivity index (χ0n) is 11.7. The van der Waals surface area contributed by atoms with Crippen LogP contribution >= 0.6 is 15.9 Å². The lowest BCUT2D eigenvalue weighted by molar-refractivity contribution is -0.384. The van der Waals surface area contributed by atoms with Crippen LogP contribution in [0.25, 0.3) is 0 Å². The Morgan fingerprint density at radius 2 is 2.10 bits per heavy atom. The fourth-order valence-electron chi connectivity index (χ4n) is 3.13. The first kappa shape index (κ1) is 14.7. The van der Waals surface area contributed by atoms with Crippen LogP contribution in [0.15, 0.2) is 16.9 Å². The van der Waals surface area contributed by atoms with Crippen molar-refractivity contribution in [1.82, 2.24) is 15.2 Å². The van der Waals surface area contributed by atoms with Gasteiger partial charge in [0, 0.05) is 45.0 Å². The van der Waals surface area contributed by atoms with Gasteiger partial charge in [-0.25, -0.2) is 0 Å². The quantitative estimate of drug-likeness (QED) is 0.649. The summed E-state index contributed by atoms with van der Waals surface area (Å²) in [5.41, 5.74) is 0.722. The zero-order chi connectivity index (χ0) is 14.8. The lowest BCUT2D eigenvalue weighted by Gasteiger charge is -2.38. The number of pyridine rings is 1. The number of nitro groups is 1. The summed E-state index contributed by atoms with van der Waals surface area (Å²) in [6.07, 6.45) is 4.14. The van der Waals surface area contributed by atoms with E-state index in [0.29, 0.717) is 16.2 Å². The summed E-state index contributed by atoms with van der Waals surface area (Å²) >= 11 is 3.40. The molecule has 2 aliphatic rings. The molecule has 0 radical (unpaired) electrons. The number of hydrogen-bond acceptors (Lipinski definition) is 6. The summed E-state index contributed by atoms with van der Waals surface area (Å²) in [7, 11) is 0. The fourth-order valence-corrected chi connectivity index (χ4v) is 3.70. The molecule has 8 heteroatoms. The molecule has 3 heterocycles. The largest absolute Gasteiger partial charge is 0.362 e. The summed E-state index contributed by atoms with van der Waals surface area (Å²) in [5.74, 6) is 0. The molecule has 0 aromatic carbocycles. The lowest BCUT2D eigenvalue weighted by atomic mass is 10.1. The van der Waals surface area contributed by atoms with Crippen molar-refractivity contribution in [3.05, 3.63) is 27.0 Å². The predicted octanol–water partition coefficient (Wildman–Crippen LogP) is 1.24. The SMILES string of the molecule is O=[N+]([O-])c1cncc(Br)c1N1CCN(C2CCNC2)CC1. The molecule has 1 N–H and O–H groups in total. The molecule has 0 amide bonds. The average molecular weight is 356 g/mol. The van der Waals surface area contributed by atoms with E-state index in [2.05, 4.69) is 36.0 Å². The maximum atomic E-state index is 11.2. The highest BCUT2D eigenvalue weighted by molar-refractivity contribution is 9.10. The highest BCUT2D eigenvalue weighted by atomic mass is 79.9. The number of nitrogens with zero attached hydrogens (tertiary/aromatic N) is 4. The van der Waals surface area contributed by atoms with Gasteiger partial charge in [0.05, 0.1) is 9.40 Å². The molecule has 2 aliphatic heterocycles. The van der Waals surface area contributed by atoms with Crippen LogP contribution in [0.4, 0.5) is 11.4 Å². The van der Waals surface area contributed by atoms with Crippen molar-refractivity contribution in [2.75, 3.05) is 44.2 Å². The van der Waals surface area contributed by atoms with Gasteiger partial charge in [-0.05, 0) is 28.9 Å². The van der Waals surface area contributed by atoms with E-state index < -0.39 is 0 Å². The maximum absolute atomic E-state index is 11.2. The minimum Gasteiger partial charge on any atom is -0.362 e. The Bertz CT molecular complexity index is 527. The Balaban J connectivity index is 1.73. The first-order chi connectivity index (χ1) is 10.2. The van der Waals surface area contributed by atoms with Crippen molar-refractivity contribution in [1.29, 1.82) is 0 Å². The van der Waals surface area contributed by atoms with Crippen LogP contribution in [0.2, 0.25) is 0 Å². The van der Waals surface area contributed by atoms with E-state index in [4.69, 9.17) is 0 Å². The monoisotopic (exact) mass is 355 g/mol. The van der Waals surface area contributed by atoms with Gasteiger partial charge in [0.1, 0.15) is 11.9 Å². The van der Waals surface area contributed by atoms with E-state index in [1.165, 1.54) is 12.6 Å². The molecule has 2 fully saturated rings. The molecule has 3 rings (SSSR count). The first-order valence-electron chi connectivity index (χ1n) is 7.14. The minimum absolute atomic E-state index is 0.0698. The van der Waals surface area contributed by atoms with E-state index in [1.807, 2.05) is 0 Å². The lowest BCUT2D eigenvalue weighted by Crippen LogP contribution is -2.51. The second-order valence-electron chi connectivity index (χ2n) is 5.42. The second kappa shape index (κ2) is 6.25. The van der Waals surface area contributed by atoms with Crippen LogP contribution in [0.5, 0.6) is 0 Å². The number of hydrogen-bond donors (Lipinski definition) is 1. The second-order valence-corrected chi connectivity index (χ2v) is 6.27. The minimum atomic E-state index is -0.361. The molecule has 1 aromatic rings. The first-order valence-corrected chi connectivity index (χ1v) is 7.93. The highest BCUT2D eigenvalue weighted by Gasteiger charge is 2.29. The van der Waals surface area contributed by atoms with Gasteiger partial charge < -0.3 is 10.2 Å². The third-order valence-corrected chi connectivity index (χ3v) is 4.81. The summed E-state index contributed by atoms with van der Waals surface area (Å²) in [5, 5.41) is 14.6. The van der Waals surface area contributed by atoms with Gasteiger partial charge in [-0.3, -0.25) is 20.0 Å². The number of halogens is 1. The Hall–Kier alpha value is -1.25. The van der Waals surface area contributed by atoms with Crippen LogP contribution in [0.3, 0.4) is 0 Å². The molecule has 7 nitrogen and oxygen atoms in total. The van der Waals surface area contributed by atoms with Crippen LogP contribution in [0.1, 0.15) is 6.42 Å². The third kappa shape index (κ3) is 3.02. The predicted molar refractivity (Wildman–Crippen MR) is 83.7 cm³/mol. The molecule has 1 unspecified atom stereocenters. The van der Waals surface area contributed by atoms with Crippen molar-refractivity contribution in [3.63, 3.8) is 0 Å². The van der Waals surface area contributed by atoms with Crippen molar-refractivity contribution < 1.29 is 4.92 Å². The summed E-state index contributed by atoms with van der Waals surface area (Å²) < 4.78 is 0.688. The van der Waals surface area contributed by atoms with Crippen LogP contribution in [0, 0.1) is 10.1 Å². The molecule has 114 valence electrons. The standard InChI is InChI=1S/C13H18BrN5O2/c14-11-8-16-9-12(19(20)21)13(11)18-5-3-17(4-6-18)10-1-2-15-7-10/h8-10,15H,1-7H2. The third-order valence-electron chi connectivity index (χ3n) is 4.23. The molecule has 2 saturated heterocycles. The van der Waals surface area contributed by atoms with Crippen molar-refractivity contribution >= 4 is 27.3 Å². The average Bonchev–Trinajstić information content (AvgIpc) is 3.01. The Morgan fingerprint density at radius 1 is 1.33 bits per heavy atom. The van der Waals surface area contributed by atoms with Crippen LogP contribution in [-0.2, 0) is 0 Å². The van der Waals surface area contributed by atoms with Gasteiger partial charge in [-0.1, -0.05) is 0 Å². The van der Waals surface area contributed by atoms with E-state index in [0.717, 1.165) is 39.3 Å². The summed E-state index contributed by atoms with van der Waals surface area (Å²) in [6.45, 7) is 5.64. The number of piperazine rings is 1.